The third-order valence-corrected chi connectivity index (χ3v) is 7.70. The number of ether oxygens (including phenoxy) is 1. The van der Waals surface area contributed by atoms with Crippen molar-refractivity contribution in [1.29, 1.82) is 0 Å². The molecule has 44 heavy (non-hydrogen) atoms. The van der Waals surface area contributed by atoms with Gasteiger partial charge in [-0.25, -0.2) is 22.9 Å². The lowest BCUT2D eigenvalue weighted by atomic mass is 10.1. The van der Waals surface area contributed by atoms with E-state index >= 15 is 0 Å². The number of aliphatic hydroxyl groups excluding tert-OH is 1. The quantitative estimate of drug-likeness (QED) is 0.175. The number of phosphoric acid groups is 1. The number of carbonyl (C=O) groups excluding carboxylic acids is 2. The van der Waals surface area contributed by atoms with E-state index in [4.69, 9.17) is 22.8 Å². The zero-order chi connectivity index (χ0) is 32.1. The number of rotatable bonds is 16. The Bertz CT molecular complexity index is 1400. The van der Waals surface area contributed by atoms with Crippen molar-refractivity contribution in [1.82, 2.24) is 15.4 Å². The van der Waals surface area contributed by atoms with Gasteiger partial charge in [-0.3, -0.25) is 18.9 Å². The number of halogens is 2. The summed E-state index contributed by atoms with van der Waals surface area (Å²) in [5.41, 5.74) is 1.15. The van der Waals surface area contributed by atoms with Crippen LogP contribution in [0.15, 0.2) is 59.1 Å². The first-order chi connectivity index (χ1) is 21.0. The molecular weight excluding hydrogens is 605 g/mol. The molecule has 1 heterocycles. The number of phosphoric ester groups is 1. The van der Waals surface area contributed by atoms with Gasteiger partial charge in [0.15, 0.2) is 11.6 Å². The van der Waals surface area contributed by atoms with Crippen molar-refractivity contribution in [2.75, 3.05) is 38.8 Å². The lowest BCUT2D eigenvalue weighted by molar-refractivity contribution is 0.0353. The highest BCUT2D eigenvalue weighted by Gasteiger charge is 2.30. The van der Waals surface area contributed by atoms with E-state index in [1.165, 1.54) is 25.2 Å². The molecule has 0 unspecified atom stereocenters. The number of hydrogen-bond donors (Lipinski definition) is 3. The summed E-state index contributed by atoms with van der Waals surface area (Å²) in [6.45, 7) is 1.99. The first kappa shape index (κ1) is 34.6. The molecule has 13 nitrogen and oxygen atoms in total. The minimum atomic E-state index is -3.93. The van der Waals surface area contributed by atoms with Gasteiger partial charge in [-0.05, 0) is 26.3 Å². The molecule has 0 spiro atoms. The van der Waals surface area contributed by atoms with Crippen LogP contribution in [0, 0.1) is 11.6 Å². The normalized spacial score (nSPS) is 12.8. The number of carbonyl (C=O) groups is 2. The minimum Gasteiger partial charge on any atom is -0.447 e. The highest BCUT2D eigenvalue weighted by molar-refractivity contribution is 7.48. The van der Waals surface area contributed by atoms with E-state index in [0.717, 1.165) is 16.5 Å². The number of anilines is 1. The number of benzene rings is 2. The van der Waals surface area contributed by atoms with Crippen LogP contribution >= 0.6 is 7.82 Å². The zero-order valence-corrected chi connectivity index (χ0v) is 25.3. The molecule has 2 aromatic carbocycles. The molecule has 0 radical (unpaired) electrons. The highest BCUT2D eigenvalue weighted by Crippen LogP contribution is 2.49. The monoisotopic (exact) mass is 640 g/mol. The lowest BCUT2D eigenvalue weighted by Gasteiger charge is -2.30. The molecule has 0 saturated heterocycles. The molecule has 0 fully saturated rings. The second-order valence-electron chi connectivity index (χ2n) is 9.27. The number of urea groups is 1. The van der Waals surface area contributed by atoms with Crippen LogP contribution < -0.4 is 10.6 Å². The van der Waals surface area contributed by atoms with Crippen LogP contribution in [0.1, 0.15) is 25.8 Å². The van der Waals surface area contributed by atoms with Gasteiger partial charge in [-0.15, -0.1) is 0 Å². The van der Waals surface area contributed by atoms with Gasteiger partial charge in [0.05, 0.1) is 32.0 Å². The summed E-state index contributed by atoms with van der Waals surface area (Å²) in [7, 11) is -2.58. The SMILES string of the molecule is CCOP(=O)(OCC)OC[C@H](O)C[C@@H](COC(=O)Nc1cc(-c2ccccc2)no1)N(C)C(=O)NCc1cccc(F)c1F. The van der Waals surface area contributed by atoms with Crippen LogP contribution in [0.4, 0.5) is 24.3 Å². The Hall–Kier alpha value is -3.88. The molecule has 0 bridgehead atoms. The fraction of sp³-hybridized carbons (Fsp3) is 0.393. The second-order valence-corrected chi connectivity index (χ2v) is 10.9. The molecule has 240 valence electrons. The zero-order valence-electron chi connectivity index (χ0n) is 24.4. The first-order valence-corrected chi connectivity index (χ1v) is 15.1. The first-order valence-electron chi connectivity index (χ1n) is 13.7. The fourth-order valence-electron chi connectivity index (χ4n) is 3.86. The summed E-state index contributed by atoms with van der Waals surface area (Å²) in [4.78, 5) is 26.6. The molecule has 0 aliphatic heterocycles. The van der Waals surface area contributed by atoms with Crippen LogP contribution in [-0.4, -0.2) is 72.9 Å². The summed E-state index contributed by atoms with van der Waals surface area (Å²) < 4.78 is 66.0. The predicted molar refractivity (Wildman–Crippen MR) is 154 cm³/mol. The number of hydrogen-bond acceptors (Lipinski definition) is 10. The Balaban J connectivity index is 1.65. The third-order valence-electron chi connectivity index (χ3n) is 6.09. The Morgan fingerprint density at radius 2 is 1.75 bits per heavy atom. The Morgan fingerprint density at radius 1 is 1.05 bits per heavy atom. The maximum Gasteiger partial charge on any atom is 0.474 e. The highest BCUT2D eigenvalue weighted by atomic mass is 31.2. The maximum atomic E-state index is 14.1. The van der Waals surface area contributed by atoms with Gasteiger partial charge in [-0.1, -0.05) is 47.6 Å². The molecule has 1 aromatic heterocycles. The molecule has 3 amide bonds. The summed E-state index contributed by atoms with van der Waals surface area (Å²) in [5.74, 6) is -2.16. The van der Waals surface area contributed by atoms with E-state index in [-0.39, 0.29) is 37.6 Å². The van der Waals surface area contributed by atoms with Crippen LogP contribution in [0.2, 0.25) is 0 Å². The van der Waals surface area contributed by atoms with Gasteiger partial charge in [0.1, 0.15) is 12.3 Å². The van der Waals surface area contributed by atoms with Crippen LogP contribution in [-0.2, 0) is 29.4 Å². The van der Waals surface area contributed by atoms with Gasteiger partial charge in [-0.2, -0.15) is 0 Å². The van der Waals surface area contributed by atoms with Crippen molar-refractivity contribution in [3.05, 3.63) is 71.8 Å². The van der Waals surface area contributed by atoms with Crippen LogP contribution in [0.5, 0.6) is 0 Å². The molecule has 0 aliphatic rings. The predicted octanol–water partition coefficient (Wildman–Crippen LogP) is 5.33. The van der Waals surface area contributed by atoms with E-state index in [9.17, 15) is 28.0 Å². The number of likely N-dealkylation sites (N-methyl/N-ethyl adjacent to an activating group) is 1. The van der Waals surface area contributed by atoms with E-state index < -0.39 is 56.9 Å². The van der Waals surface area contributed by atoms with E-state index in [2.05, 4.69) is 15.8 Å². The molecular formula is C28H35F2N4O9P. The van der Waals surface area contributed by atoms with Crippen LogP contribution in [0.25, 0.3) is 11.3 Å². The topological polar surface area (TPSA) is 162 Å². The molecule has 3 rings (SSSR count). The maximum absolute atomic E-state index is 14.1. The average Bonchev–Trinajstić information content (AvgIpc) is 3.47. The fourth-order valence-corrected chi connectivity index (χ4v) is 5.07. The van der Waals surface area contributed by atoms with Gasteiger partial charge in [0, 0.05) is 30.8 Å². The van der Waals surface area contributed by atoms with Crippen molar-refractivity contribution in [2.24, 2.45) is 0 Å². The lowest BCUT2D eigenvalue weighted by Crippen LogP contribution is -2.47. The standard InChI is InChI=1S/C28H35F2N4O9P/c1-4-40-44(38,41-5-2)42-18-22(35)14-21(34(3)27(36)31-16-20-12-9-13-23(29)26(20)30)17-39-28(37)32-25-15-24(33-43-25)19-10-7-6-8-11-19/h6-13,15,21-22,35H,4-5,14,16-18H2,1-3H3,(H,31,36)(H,32,37)/t21-,22+/m0/s1. The van der Waals surface area contributed by atoms with E-state index in [1.807, 2.05) is 30.3 Å². The Kier molecular flexibility index (Phi) is 13.2. The summed E-state index contributed by atoms with van der Waals surface area (Å²) in [6, 6.07) is 12.4. The van der Waals surface area contributed by atoms with Crippen molar-refractivity contribution in [3.8, 4) is 11.3 Å². The van der Waals surface area contributed by atoms with Crippen molar-refractivity contribution in [3.63, 3.8) is 0 Å². The average molecular weight is 641 g/mol. The molecule has 2 atom stereocenters. The van der Waals surface area contributed by atoms with E-state index in [1.54, 1.807) is 13.8 Å². The van der Waals surface area contributed by atoms with Crippen molar-refractivity contribution >= 4 is 25.8 Å². The van der Waals surface area contributed by atoms with Crippen LogP contribution in [0.3, 0.4) is 0 Å². The molecule has 16 heteroatoms. The third kappa shape index (κ3) is 10.4. The van der Waals surface area contributed by atoms with Gasteiger partial charge >= 0.3 is 19.9 Å². The largest absolute Gasteiger partial charge is 0.474 e. The van der Waals surface area contributed by atoms with Gasteiger partial charge in [0.2, 0.25) is 5.88 Å². The molecule has 0 saturated carbocycles. The summed E-state index contributed by atoms with van der Waals surface area (Å²) >= 11 is 0. The molecule has 0 aliphatic carbocycles. The van der Waals surface area contributed by atoms with E-state index in [0.29, 0.717) is 5.69 Å². The van der Waals surface area contributed by atoms with Gasteiger partial charge < -0.3 is 24.6 Å². The number of amides is 3. The van der Waals surface area contributed by atoms with Crippen molar-refractivity contribution < 1.29 is 50.9 Å². The molecule has 3 aromatic rings. The number of nitrogens with one attached hydrogen (secondary N) is 2. The minimum absolute atomic E-state index is 0.00431. The van der Waals surface area contributed by atoms with Gasteiger partial charge in [0.25, 0.3) is 0 Å². The van der Waals surface area contributed by atoms with Crippen molar-refractivity contribution in [2.45, 2.75) is 39.0 Å². The number of aliphatic hydroxyl groups is 1. The molecule has 3 N–H and O–H groups in total. The Morgan fingerprint density at radius 3 is 2.43 bits per heavy atom. The summed E-state index contributed by atoms with van der Waals surface area (Å²) in [5, 5.41) is 19.4. The Labute approximate surface area is 253 Å². The number of nitrogens with zero attached hydrogens (tertiary/aromatic N) is 2. The number of aromatic nitrogens is 1. The second kappa shape index (κ2) is 16.8. The smallest absolute Gasteiger partial charge is 0.447 e. The summed E-state index contributed by atoms with van der Waals surface area (Å²) in [6.07, 6.45) is -2.48.